The van der Waals surface area contributed by atoms with Crippen molar-refractivity contribution in [2.45, 2.75) is 78.9 Å². The number of sulfonamides is 1. The zero-order valence-electron chi connectivity index (χ0n) is 29.0. The standard InChI is InChI=1S/C36H49N5O5S/c1-24-11-9-12-25(2)32(24)30-18-31-38-34(37-30)39-47(43,44)29-14-10-13-26(17-29)33(42)41(27(22-46-31)19-35(3,4)5)21-28-20-40(15-16-45-28)23-36(6,7)8/h9-14,17-18,27-28H,15-16,19-23H2,1-8H3,(H,37,38,39)/t27-,28?/m1/s1. The molecule has 2 aromatic carbocycles. The van der Waals surface area contributed by atoms with Gasteiger partial charge in [-0.05, 0) is 60.4 Å². The van der Waals surface area contributed by atoms with Crippen molar-refractivity contribution in [1.82, 2.24) is 19.8 Å². The molecule has 1 aromatic heterocycles. The Labute approximate surface area is 279 Å². The molecule has 2 aliphatic rings. The molecule has 5 rings (SSSR count). The first-order valence-corrected chi connectivity index (χ1v) is 17.8. The Kier molecular flexibility index (Phi) is 10.0. The Morgan fingerprint density at radius 2 is 1.66 bits per heavy atom. The summed E-state index contributed by atoms with van der Waals surface area (Å²) in [4.78, 5) is 27.7. The van der Waals surface area contributed by atoms with Crippen LogP contribution in [-0.2, 0) is 14.8 Å². The second-order valence-electron chi connectivity index (χ2n) is 15.3. The molecule has 2 aliphatic heterocycles. The predicted octanol–water partition coefficient (Wildman–Crippen LogP) is 5.95. The molecule has 0 radical (unpaired) electrons. The molecule has 1 saturated heterocycles. The monoisotopic (exact) mass is 663 g/mol. The molecule has 4 bridgehead atoms. The van der Waals surface area contributed by atoms with Crippen molar-refractivity contribution >= 4 is 21.9 Å². The van der Waals surface area contributed by atoms with Crippen molar-refractivity contribution in [2.75, 3.05) is 44.1 Å². The van der Waals surface area contributed by atoms with Gasteiger partial charge in [0.15, 0.2) is 0 Å². The number of rotatable bonds is 5. The van der Waals surface area contributed by atoms with Crippen LogP contribution in [0.25, 0.3) is 11.3 Å². The van der Waals surface area contributed by atoms with Gasteiger partial charge in [-0.25, -0.2) is 18.1 Å². The largest absolute Gasteiger partial charge is 0.475 e. The molecule has 47 heavy (non-hydrogen) atoms. The molecule has 3 aromatic rings. The Morgan fingerprint density at radius 1 is 0.957 bits per heavy atom. The number of aryl methyl sites for hydroxylation is 2. The summed E-state index contributed by atoms with van der Waals surface area (Å²) in [5.74, 6) is -0.155. The fourth-order valence-electron chi connectivity index (χ4n) is 6.50. The number of amides is 1. The number of morpholine rings is 1. The van der Waals surface area contributed by atoms with Crippen LogP contribution in [-0.4, -0.2) is 85.6 Å². The van der Waals surface area contributed by atoms with Gasteiger partial charge >= 0.3 is 0 Å². The highest BCUT2D eigenvalue weighted by Crippen LogP contribution is 2.32. The minimum atomic E-state index is -4.15. The van der Waals surface area contributed by atoms with Gasteiger partial charge < -0.3 is 14.4 Å². The molecular formula is C36H49N5O5S. The van der Waals surface area contributed by atoms with Gasteiger partial charge in [0.2, 0.25) is 11.8 Å². The summed E-state index contributed by atoms with van der Waals surface area (Å²) in [6, 6.07) is 13.5. The molecule has 1 amide bonds. The van der Waals surface area contributed by atoms with Crippen molar-refractivity contribution in [2.24, 2.45) is 10.8 Å². The van der Waals surface area contributed by atoms with Crippen LogP contribution in [0.15, 0.2) is 53.4 Å². The summed E-state index contributed by atoms with van der Waals surface area (Å²) in [5.41, 5.74) is 3.65. The molecule has 11 heteroatoms. The number of benzene rings is 2. The molecule has 1 unspecified atom stereocenters. The first-order chi connectivity index (χ1) is 22.0. The topological polar surface area (TPSA) is 114 Å². The van der Waals surface area contributed by atoms with E-state index >= 15 is 0 Å². The van der Waals surface area contributed by atoms with Gasteiger partial charge in [-0.2, -0.15) is 4.98 Å². The third-order valence-corrected chi connectivity index (χ3v) is 9.68. The van der Waals surface area contributed by atoms with Crippen molar-refractivity contribution in [3.8, 4) is 17.1 Å². The van der Waals surface area contributed by atoms with Gasteiger partial charge in [0.25, 0.3) is 15.9 Å². The number of ether oxygens (including phenoxy) is 2. The Bertz CT molecular complexity index is 1690. The summed E-state index contributed by atoms with van der Waals surface area (Å²) >= 11 is 0. The van der Waals surface area contributed by atoms with E-state index in [1.807, 2.05) is 36.9 Å². The molecule has 0 spiro atoms. The normalized spacial score (nSPS) is 20.8. The van der Waals surface area contributed by atoms with Gasteiger partial charge in [0, 0.05) is 43.4 Å². The van der Waals surface area contributed by atoms with Crippen LogP contribution in [0.4, 0.5) is 5.95 Å². The maximum atomic E-state index is 14.5. The molecular weight excluding hydrogens is 614 g/mol. The second-order valence-corrected chi connectivity index (χ2v) is 17.0. The summed E-state index contributed by atoms with van der Waals surface area (Å²) in [6.45, 7) is 20.5. The van der Waals surface area contributed by atoms with Crippen LogP contribution in [0.5, 0.6) is 5.88 Å². The van der Waals surface area contributed by atoms with E-state index in [1.54, 1.807) is 18.2 Å². The molecule has 1 N–H and O–H groups in total. The zero-order chi connectivity index (χ0) is 34.1. The van der Waals surface area contributed by atoms with Crippen LogP contribution in [0.3, 0.4) is 0 Å². The summed E-state index contributed by atoms with van der Waals surface area (Å²) in [6.07, 6.45) is 0.415. The number of aromatic nitrogens is 2. The first kappa shape index (κ1) is 34.8. The van der Waals surface area contributed by atoms with Crippen LogP contribution < -0.4 is 9.46 Å². The van der Waals surface area contributed by atoms with E-state index in [9.17, 15) is 13.2 Å². The van der Waals surface area contributed by atoms with Gasteiger partial charge in [-0.15, -0.1) is 0 Å². The Hall–Kier alpha value is -3.54. The number of hydrogen-bond acceptors (Lipinski definition) is 8. The molecule has 3 heterocycles. The maximum Gasteiger partial charge on any atom is 0.264 e. The number of anilines is 1. The van der Waals surface area contributed by atoms with Crippen molar-refractivity contribution < 1.29 is 22.7 Å². The van der Waals surface area contributed by atoms with Crippen LogP contribution in [0.1, 0.15) is 69.4 Å². The molecule has 1 fully saturated rings. The van der Waals surface area contributed by atoms with Crippen LogP contribution in [0.2, 0.25) is 0 Å². The summed E-state index contributed by atoms with van der Waals surface area (Å²) < 4.78 is 42.6. The molecule has 0 saturated carbocycles. The Morgan fingerprint density at radius 3 is 2.34 bits per heavy atom. The minimum Gasteiger partial charge on any atom is -0.475 e. The number of hydrogen-bond donors (Lipinski definition) is 1. The van der Waals surface area contributed by atoms with Crippen molar-refractivity contribution in [3.63, 3.8) is 0 Å². The molecule has 2 atom stereocenters. The second kappa shape index (κ2) is 13.5. The highest BCUT2D eigenvalue weighted by atomic mass is 32.2. The van der Waals surface area contributed by atoms with E-state index in [2.05, 4.69) is 61.1 Å². The SMILES string of the molecule is Cc1cccc(C)c1-c1cc2nc(n1)NS(=O)(=O)c1cccc(c1)C(=O)N(CC1CN(CC(C)(C)C)CCO1)[C@H](CC(C)(C)C)CO2. The van der Waals surface area contributed by atoms with Crippen molar-refractivity contribution in [1.29, 1.82) is 0 Å². The molecule has 254 valence electrons. The smallest absolute Gasteiger partial charge is 0.264 e. The van der Waals surface area contributed by atoms with E-state index in [0.717, 1.165) is 29.8 Å². The van der Waals surface area contributed by atoms with Gasteiger partial charge in [-0.1, -0.05) is 65.8 Å². The Balaban J connectivity index is 1.60. The van der Waals surface area contributed by atoms with E-state index in [1.165, 1.54) is 12.1 Å². The zero-order valence-corrected chi connectivity index (χ0v) is 29.8. The number of carbonyl (C=O) groups is 1. The van der Waals surface area contributed by atoms with E-state index in [-0.39, 0.29) is 57.8 Å². The fraction of sp³-hybridized carbons (Fsp3) is 0.528. The predicted molar refractivity (Wildman–Crippen MR) is 184 cm³/mol. The average Bonchev–Trinajstić information content (AvgIpc) is 2.96. The number of nitrogens with one attached hydrogen (secondary N) is 1. The molecule has 0 aliphatic carbocycles. The van der Waals surface area contributed by atoms with E-state index < -0.39 is 10.0 Å². The first-order valence-electron chi connectivity index (χ1n) is 16.3. The average molecular weight is 664 g/mol. The number of fused-ring (bicyclic) bond motifs is 4. The highest BCUT2D eigenvalue weighted by Gasteiger charge is 2.35. The highest BCUT2D eigenvalue weighted by molar-refractivity contribution is 7.92. The number of carbonyl (C=O) groups excluding carboxylic acids is 1. The summed E-state index contributed by atoms with van der Waals surface area (Å²) in [5, 5.41) is 0. The van der Waals surface area contributed by atoms with Crippen LogP contribution >= 0.6 is 0 Å². The maximum absolute atomic E-state index is 14.5. The summed E-state index contributed by atoms with van der Waals surface area (Å²) in [7, 11) is -4.15. The third kappa shape index (κ3) is 8.88. The van der Waals surface area contributed by atoms with Gasteiger partial charge in [0.05, 0.1) is 29.3 Å². The molecule has 10 nitrogen and oxygen atoms in total. The number of nitrogens with zero attached hydrogens (tertiary/aromatic N) is 4. The lowest BCUT2D eigenvalue weighted by Gasteiger charge is -2.41. The lowest BCUT2D eigenvalue weighted by Crippen LogP contribution is -2.54. The van der Waals surface area contributed by atoms with E-state index in [4.69, 9.17) is 9.47 Å². The fourth-order valence-corrected chi connectivity index (χ4v) is 7.49. The lowest BCUT2D eigenvalue weighted by atomic mass is 9.87. The van der Waals surface area contributed by atoms with Gasteiger partial charge in [0.1, 0.15) is 6.61 Å². The quantitative estimate of drug-likeness (QED) is 0.357. The third-order valence-electron chi connectivity index (χ3n) is 8.35. The van der Waals surface area contributed by atoms with Crippen LogP contribution in [0, 0.1) is 24.7 Å². The minimum absolute atomic E-state index is 0.0521. The van der Waals surface area contributed by atoms with Gasteiger partial charge in [-0.3, -0.25) is 9.69 Å². The van der Waals surface area contributed by atoms with E-state index in [0.29, 0.717) is 31.8 Å². The lowest BCUT2D eigenvalue weighted by molar-refractivity contribution is -0.0550. The van der Waals surface area contributed by atoms with Crippen molar-refractivity contribution in [3.05, 3.63) is 65.2 Å².